The first-order valence-electron chi connectivity index (χ1n) is 7.11. The van der Waals surface area contributed by atoms with E-state index in [4.69, 9.17) is 4.42 Å². The summed E-state index contributed by atoms with van der Waals surface area (Å²) in [6.45, 7) is 0.322. The minimum atomic E-state index is -3.49. The van der Waals surface area contributed by atoms with Gasteiger partial charge in [-0.05, 0) is 25.0 Å². The van der Waals surface area contributed by atoms with Crippen LogP contribution in [-0.2, 0) is 21.4 Å². The zero-order valence-electron chi connectivity index (χ0n) is 11.9. The highest BCUT2D eigenvalue weighted by atomic mass is 32.2. The highest BCUT2D eigenvalue weighted by Crippen LogP contribution is 2.16. The number of amides is 1. The third-order valence-electron chi connectivity index (χ3n) is 3.75. The molecular formula is C14H16N2O5S. The van der Waals surface area contributed by atoms with Crippen LogP contribution in [0.3, 0.4) is 0 Å². The van der Waals surface area contributed by atoms with E-state index in [2.05, 4.69) is 0 Å². The van der Waals surface area contributed by atoms with Crippen molar-refractivity contribution in [2.45, 2.75) is 25.8 Å². The topological polar surface area (TPSA) is 89.6 Å². The number of rotatable bonds is 3. The number of benzene rings is 1. The summed E-state index contributed by atoms with van der Waals surface area (Å²) in [6.07, 6.45) is 1.21. The van der Waals surface area contributed by atoms with Crippen molar-refractivity contribution in [3.63, 3.8) is 0 Å². The number of aromatic nitrogens is 1. The van der Waals surface area contributed by atoms with Crippen molar-refractivity contribution in [3.8, 4) is 0 Å². The van der Waals surface area contributed by atoms with Gasteiger partial charge in [-0.25, -0.2) is 17.5 Å². The molecular weight excluding hydrogens is 308 g/mol. The molecule has 7 nitrogen and oxygen atoms in total. The molecule has 2 aromatic rings. The normalized spacial score (nSPS) is 17.7. The maximum absolute atomic E-state index is 12.2. The number of hydrogen-bond donors (Lipinski definition) is 0. The molecule has 8 heteroatoms. The first-order chi connectivity index (χ1) is 10.5. The van der Waals surface area contributed by atoms with E-state index in [-0.39, 0.29) is 25.3 Å². The summed E-state index contributed by atoms with van der Waals surface area (Å²) in [6, 6.07) is 6.91. The Hall–Kier alpha value is -2.09. The average molecular weight is 324 g/mol. The summed E-state index contributed by atoms with van der Waals surface area (Å²) < 4.78 is 31.1. The molecule has 2 heterocycles. The molecule has 1 aliphatic heterocycles. The molecule has 0 saturated carbocycles. The summed E-state index contributed by atoms with van der Waals surface area (Å²) in [5.41, 5.74) is 1.05. The van der Waals surface area contributed by atoms with Crippen molar-refractivity contribution in [1.82, 2.24) is 8.87 Å². The van der Waals surface area contributed by atoms with Gasteiger partial charge in [0.2, 0.25) is 15.9 Å². The SMILES string of the molecule is O=C(CCn1c(=O)oc2ccccc21)N1CCCCS1(=O)=O. The van der Waals surface area contributed by atoms with Crippen molar-refractivity contribution in [2.24, 2.45) is 0 Å². The van der Waals surface area contributed by atoms with Crippen LogP contribution in [0.1, 0.15) is 19.3 Å². The molecule has 0 spiro atoms. The molecule has 1 aliphatic rings. The van der Waals surface area contributed by atoms with Gasteiger partial charge in [0.25, 0.3) is 0 Å². The fraction of sp³-hybridized carbons (Fsp3) is 0.429. The number of para-hydroxylation sites is 2. The first kappa shape index (κ1) is 14.8. The summed E-state index contributed by atoms with van der Waals surface area (Å²) in [7, 11) is -3.49. The van der Waals surface area contributed by atoms with Crippen LogP contribution >= 0.6 is 0 Å². The average Bonchev–Trinajstić information content (AvgIpc) is 2.80. The van der Waals surface area contributed by atoms with E-state index in [9.17, 15) is 18.0 Å². The molecule has 118 valence electrons. The van der Waals surface area contributed by atoms with Crippen molar-refractivity contribution in [2.75, 3.05) is 12.3 Å². The maximum Gasteiger partial charge on any atom is 0.419 e. The fourth-order valence-corrected chi connectivity index (χ4v) is 4.22. The first-order valence-corrected chi connectivity index (χ1v) is 8.71. The molecule has 3 rings (SSSR count). The zero-order valence-corrected chi connectivity index (χ0v) is 12.7. The number of oxazole rings is 1. The van der Waals surface area contributed by atoms with Crippen molar-refractivity contribution < 1.29 is 17.6 Å². The van der Waals surface area contributed by atoms with Gasteiger partial charge in [0.05, 0.1) is 11.3 Å². The van der Waals surface area contributed by atoms with E-state index in [0.29, 0.717) is 23.9 Å². The number of fused-ring (bicyclic) bond motifs is 1. The molecule has 22 heavy (non-hydrogen) atoms. The Morgan fingerprint density at radius 3 is 2.77 bits per heavy atom. The Morgan fingerprint density at radius 2 is 2.00 bits per heavy atom. The van der Waals surface area contributed by atoms with E-state index >= 15 is 0 Å². The van der Waals surface area contributed by atoms with Gasteiger partial charge in [-0.2, -0.15) is 0 Å². The smallest absolute Gasteiger partial charge is 0.408 e. The van der Waals surface area contributed by atoms with Crippen LogP contribution in [0, 0.1) is 0 Å². The Kier molecular flexibility index (Phi) is 3.78. The largest absolute Gasteiger partial charge is 0.419 e. The van der Waals surface area contributed by atoms with Crippen LogP contribution in [0.2, 0.25) is 0 Å². The molecule has 0 radical (unpaired) electrons. The standard InChI is InChI=1S/C14H16N2O5S/c17-13(16-8-3-4-10-22(16,19)20)7-9-15-11-5-1-2-6-12(11)21-14(15)18/h1-2,5-6H,3-4,7-10H2. The van der Waals surface area contributed by atoms with E-state index in [1.807, 2.05) is 0 Å². The lowest BCUT2D eigenvalue weighted by molar-refractivity contribution is -0.126. The van der Waals surface area contributed by atoms with Gasteiger partial charge >= 0.3 is 5.76 Å². The van der Waals surface area contributed by atoms with Gasteiger partial charge in [-0.1, -0.05) is 12.1 Å². The van der Waals surface area contributed by atoms with Crippen LogP contribution < -0.4 is 5.76 Å². The van der Waals surface area contributed by atoms with E-state index in [1.54, 1.807) is 24.3 Å². The lowest BCUT2D eigenvalue weighted by atomic mass is 10.3. The summed E-state index contributed by atoms with van der Waals surface area (Å²) in [4.78, 5) is 24.0. The van der Waals surface area contributed by atoms with Gasteiger partial charge in [0, 0.05) is 19.5 Å². The van der Waals surface area contributed by atoms with Crippen LogP contribution in [0.4, 0.5) is 0 Å². The quantitative estimate of drug-likeness (QED) is 0.838. The molecule has 1 fully saturated rings. The third kappa shape index (κ3) is 2.66. The lowest BCUT2D eigenvalue weighted by Gasteiger charge is -2.26. The Balaban J connectivity index is 1.78. The van der Waals surface area contributed by atoms with E-state index in [1.165, 1.54) is 4.57 Å². The highest BCUT2D eigenvalue weighted by molar-refractivity contribution is 7.89. The van der Waals surface area contributed by atoms with Crippen LogP contribution in [0.15, 0.2) is 33.5 Å². The second-order valence-corrected chi connectivity index (χ2v) is 7.24. The Morgan fingerprint density at radius 1 is 1.23 bits per heavy atom. The second kappa shape index (κ2) is 5.60. The van der Waals surface area contributed by atoms with Crippen molar-refractivity contribution >= 4 is 27.0 Å². The molecule has 0 atom stereocenters. The third-order valence-corrected chi connectivity index (χ3v) is 5.61. The van der Waals surface area contributed by atoms with Gasteiger partial charge in [0.15, 0.2) is 5.58 Å². The molecule has 1 aromatic heterocycles. The Bertz CT molecular complexity index is 865. The van der Waals surface area contributed by atoms with E-state index < -0.39 is 21.7 Å². The van der Waals surface area contributed by atoms with Crippen molar-refractivity contribution in [1.29, 1.82) is 0 Å². The summed E-state index contributed by atoms with van der Waals surface area (Å²) >= 11 is 0. The number of carbonyl (C=O) groups excluding carboxylic acids is 1. The highest BCUT2D eigenvalue weighted by Gasteiger charge is 2.29. The predicted molar refractivity (Wildman–Crippen MR) is 79.8 cm³/mol. The number of nitrogens with zero attached hydrogens (tertiary/aromatic N) is 2. The van der Waals surface area contributed by atoms with E-state index in [0.717, 1.165) is 4.31 Å². The van der Waals surface area contributed by atoms with Gasteiger partial charge in [-0.3, -0.25) is 9.36 Å². The maximum atomic E-state index is 12.2. The Labute approximate surface area is 127 Å². The zero-order chi connectivity index (χ0) is 15.7. The van der Waals surface area contributed by atoms with Crippen LogP contribution in [-0.4, -0.2) is 35.5 Å². The van der Waals surface area contributed by atoms with Crippen LogP contribution in [0.5, 0.6) is 0 Å². The molecule has 0 aliphatic carbocycles. The minimum absolute atomic E-state index is 0.00727. The predicted octanol–water partition coefficient (Wildman–Crippen LogP) is 0.937. The number of carbonyl (C=O) groups is 1. The minimum Gasteiger partial charge on any atom is -0.408 e. The number of aryl methyl sites for hydroxylation is 1. The molecule has 1 saturated heterocycles. The summed E-state index contributed by atoms with van der Waals surface area (Å²) in [5, 5.41) is 0. The molecule has 0 bridgehead atoms. The summed E-state index contributed by atoms with van der Waals surface area (Å²) in [5.74, 6) is -1.01. The monoisotopic (exact) mass is 324 g/mol. The molecule has 0 unspecified atom stereocenters. The van der Waals surface area contributed by atoms with Gasteiger partial charge < -0.3 is 4.42 Å². The molecule has 1 amide bonds. The van der Waals surface area contributed by atoms with Gasteiger partial charge in [0.1, 0.15) is 0 Å². The van der Waals surface area contributed by atoms with Gasteiger partial charge in [-0.15, -0.1) is 0 Å². The fourth-order valence-electron chi connectivity index (χ4n) is 2.63. The van der Waals surface area contributed by atoms with Crippen molar-refractivity contribution in [3.05, 3.63) is 34.8 Å². The van der Waals surface area contributed by atoms with Crippen LogP contribution in [0.25, 0.3) is 11.1 Å². The lowest BCUT2D eigenvalue weighted by Crippen LogP contribution is -2.42. The second-order valence-electron chi connectivity index (χ2n) is 5.23. The molecule has 0 N–H and O–H groups in total. The number of hydrogen-bond acceptors (Lipinski definition) is 5. The molecule has 1 aromatic carbocycles. The number of sulfonamides is 1.